The molecule has 2 atom stereocenters. The Morgan fingerprint density at radius 1 is 1.18 bits per heavy atom. The summed E-state index contributed by atoms with van der Waals surface area (Å²) >= 11 is 0. The molecular weight excluding hydrogens is 302 g/mol. The Hall–Kier alpha value is -1.14. The molecule has 1 amide bonds. The van der Waals surface area contributed by atoms with E-state index in [9.17, 15) is 9.90 Å². The quantitative estimate of drug-likeness (QED) is 0.857. The summed E-state index contributed by atoms with van der Waals surface area (Å²) in [5.74, 6) is -0.168. The van der Waals surface area contributed by atoms with Crippen LogP contribution in [0.2, 0.25) is 0 Å². The highest BCUT2D eigenvalue weighted by Crippen LogP contribution is 2.21. The number of hydrogen-bond donors (Lipinski definition) is 2. The number of halogens is 1. The molecule has 2 saturated heterocycles. The molecule has 0 aliphatic carbocycles. The third-order valence-electron chi connectivity index (χ3n) is 4.49. The second-order valence-corrected chi connectivity index (χ2v) is 5.83. The van der Waals surface area contributed by atoms with Crippen molar-refractivity contribution in [1.82, 2.24) is 15.1 Å². The molecule has 2 fully saturated rings. The Balaban J connectivity index is 0.00000176. The molecule has 3 rings (SSSR count). The maximum atomic E-state index is 12.4. The Bertz CT molecular complexity index is 480. The number of benzene rings is 1. The highest BCUT2D eigenvalue weighted by molar-refractivity contribution is 5.85. The fraction of sp³-hybridized carbons (Fsp3) is 0.562. The van der Waals surface area contributed by atoms with Crippen molar-refractivity contribution in [3.63, 3.8) is 0 Å². The van der Waals surface area contributed by atoms with Crippen LogP contribution < -0.4 is 5.32 Å². The first-order valence-electron chi connectivity index (χ1n) is 7.72. The number of piperazine rings is 1. The third kappa shape index (κ3) is 3.79. The van der Waals surface area contributed by atoms with E-state index in [1.807, 2.05) is 23.1 Å². The van der Waals surface area contributed by atoms with Gasteiger partial charge in [-0.05, 0) is 12.0 Å². The molecule has 0 aromatic heterocycles. The van der Waals surface area contributed by atoms with Crippen LogP contribution in [0.5, 0.6) is 0 Å². The van der Waals surface area contributed by atoms with Crippen molar-refractivity contribution in [2.75, 3.05) is 39.3 Å². The normalized spacial score (nSPS) is 23.9. The second-order valence-electron chi connectivity index (χ2n) is 5.83. The number of nitrogens with zero attached hydrogens (tertiary/aromatic N) is 2. The van der Waals surface area contributed by atoms with E-state index < -0.39 is 6.10 Å². The predicted molar refractivity (Wildman–Crippen MR) is 88.1 cm³/mol. The molecule has 5 nitrogen and oxygen atoms in total. The third-order valence-corrected chi connectivity index (χ3v) is 4.49. The number of amides is 1. The topological polar surface area (TPSA) is 55.8 Å². The highest BCUT2D eigenvalue weighted by Gasteiger charge is 2.33. The van der Waals surface area contributed by atoms with Crippen molar-refractivity contribution in [3.8, 4) is 0 Å². The lowest BCUT2D eigenvalue weighted by Gasteiger charge is -2.32. The van der Waals surface area contributed by atoms with Crippen molar-refractivity contribution in [3.05, 3.63) is 35.9 Å². The van der Waals surface area contributed by atoms with Gasteiger partial charge in [-0.25, -0.2) is 0 Å². The van der Waals surface area contributed by atoms with Gasteiger partial charge in [0.25, 0.3) is 5.91 Å². The zero-order valence-corrected chi connectivity index (χ0v) is 13.5. The van der Waals surface area contributed by atoms with E-state index >= 15 is 0 Å². The molecule has 2 aliphatic heterocycles. The van der Waals surface area contributed by atoms with Gasteiger partial charge in [0.2, 0.25) is 0 Å². The van der Waals surface area contributed by atoms with Crippen molar-refractivity contribution in [2.45, 2.75) is 18.6 Å². The average molecular weight is 326 g/mol. The summed E-state index contributed by atoms with van der Waals surface area (Å²) in [4.78, 5) is 16.7. The van der Waals surface area contributed by atoms with E-state index in [1.165, 1.54) is 0 Å². The van der Waals surface area contributed by atoms with Crippen LogP contribution in [0.1, 0.15) is 18.1 Å². The number of nitrogens with one attached hydrogen (secondary N) is 1. The zero-order chi connectivity index (χ0) is 14.7. The average Bonchev–Trinajstić information content (AvgIpc) is 3.05. The van der Waals surface area contributed by atoms with Gasteiger partial charge >= 0.3 is 0 Å². The summed E-state index contributed by atoms with van der Waals surface area (Å²) in [7, 11) is 0. The van der Waals surface area contributed by atoms with E-state index in [-0.39, 0.29) is 18.3 Å². The molecule has 0 radical (unpaired) electrons. The van der Waals surface area contributed by atoms with Crippen LogP contribution in [0.4, 0.5) is 0 Å². The minimum absolute atomic E-state index is 0. The van der Waals surface area contributed by atoms with Gasteiger partial charge in [-0.1, -0.05) is 30.3 Å². The van der Waals surface area contributed by atoms with E-state index in [1.54, 1.807) is 12.1 Å². The summed E-state index contributed by atoms with van der Waals surface area (Å²) < 4.78 is 0. The summed E-state index contributed by atoms with van der Waals surface area (Å²) in [6.07, 6.45) is -0.0271. The van der Waals surface area contributed by atoms with Crippen molar-refractivity contribution >= 4 is 18.3 Å². The van der Waals surface area contributed by atoms with Gasteiger partial charge < -0.3 is 15.3 Å². The molecule has 22 heavy (non-hydrogen) atoms. The van der Waals surface area contributed by atoms with Gasteiger partial charge in [0, 0.05) is 45.3 Å². The van der Waals surface area contributed by atoms with Crippen LogP contribution in [-0.4, -0.2) is 66.1 Å². The largest absolute Gasteiger partial charge is 0.378 e. The molecular formula is C16H24ClN3O2. The first-order valence-corrected chi connectivity index (χ1v) is 7.72. The fourth-order valence-corrected chi connectivity index (χ4v) is 3.24. The molecule has 0 spiro atoms. The van der Waals surface area contributed by atoms with Gasteiger partial charge in [0.15, 0.2) is 6.10 Å². The summed E-state index contributed by atoms with van der Waals surface area (Å²) in [5.41, 5.74) is 0.674. The number of likely N-dealkylation sites (tertiary alicyclic amines) is 1. The SMILES string of the molecule is Cl.O=C(C(O)c1ccccc1)N1CCC(N2CCNCC2)C1. The summed E-state index contributed by atoms with van der Waals surface area (Å²) in [6, 6.07) is 9.62. The van der Waals surface area contributed by atoms with Crippen molar-refractivity contribution < 1.29 is 9.90 Å². The minimum Gasteiger partial charge on any atom is -0.378 e. The maximum Gasteiger partial charge on any atom is 0.256 e. The molecule has 2 aliphatic rings. The molecule has 0 saturated carbocycles. The second kappa shape index (κ2) is 7.92. The molecule has 2 heterocycles. The van der Waals surface area contributed by atoms with Crippen LogP contribution in [0.25, 0.3) is 0 Å². The molecule has 1 aromatic carbocycles. The molecule has 0 bridgehead atoms. The van der Waals surface area contributed by atoms with Gasteiger partial charge in [0.05, 0.1) is 0 Å². The zero-order valence-electron chi connectivity index (χ0n) is 12.6. The Labute approximate surface area is 137 Å². The summed E-state index contributed by atoms with van der Waals surface area (Å²) in [5, 5.41) is 13.6. The number of carbonyl (C=O) groups excluding carboxylic acids is 1. The first kappa shape index (κ1) is 17.2. The highest BCUT2D eigenvalue weighted by atomic mass is 35.5. The van der Waals surface area contributed by atoms with E-state index in [0.717, 1.165) is 45.7 Å². The molecule has 2 N–H and O–H groups in total. The number of carbonyl (C=O) groups is 1. The van der Waals surface area contributed by atoms with Crippen LogP contribution in [0, 0.1) is 0 Å². The van der Waals surface area contributed by atoms with Gasteiger partial charge in [-0.2, -0.15) is 0 Å². The van der Waals surface area contributed by atoms with E-state index in [4.69, 9.17) is 0 Å². The predicted octanol–water partition coefficient (Wildman–Crippen LogP) is 0.648. The minimum atomic E-state index is -1.03. The van der Waals surface area contributed by atoms with Crippen molar-refractivity contribution in [2.24, 2.45) is 0 Å². The Morgan fingerprint density at radius 3 is 2.55 bits per heavy atom. The molecule has 6 heteroatoms. The lowest BCUT2D eigenvalue weighted by Crippen LogP contribution is -2.49. The van der Waals surface area contributed by atoms with Crippen molar-refractivity contribution in [1.29, 1.82) is 0 Å². The van der Waals surface area contributed by atoms with Gasteiger partial charge in [-0.3, -0.25) is 9.69 Å². The Morgan fingerprint density at radius 2 is 1.86 bits per heavy atom. The van der Waals surface area contributed by atoms with Crippen LogP contribution >= 0.6 is 12.4 Å². The number of rotatable bonds is 3. The van der Waals surface area contributed by atoms with Gasteiger partial charge in [-0.15, -0.1) is 12.4 Å². The Kier molecular flexibility index (Phi) is 6.20. The van der Waals surface area contributed by atoms with Crippen LogP contribution in [0.3, 0.4) is 0 Å². The molecule has 122 valence electrons. The van der Waals surface area contributed by atoms with E-state index in [0.29, 0.717) is 11.6 Å². The first-order chi connectivity index (χ1) is 10.3. The number of aliphatic hydroxyl groups is 1. The smallest absolute Gasteiger partial charge is 0.256 e. The lowest BCUT2D eigenvalue weighted by atomic mass is 10.1. The van der Waals surface area contributed by atoms with Crippen LogP contribution in [-0.2, 0) is 4.79 Å². The maximum absolute atomic E-state index is 12.4. The molecule has 1 aromatic rings. The monoisotopic (exact) mass is 325 g/mol. The molecule has 2 unspecified atom stereocenters. The number of hydrogen-bond acceptors (Lipinski definition) is 4. The van der Waals surface area contributed by atoms with Crippen LogP contribution in [0.15, 0.2) is 30.3 Å². The lowest BCUT2D eigenvalue weighted by molar-refractivity contribution is -0.139. The van der Waals surface area contributed by atoms with Gasteiger partial charge in [0.1, 0.15) is 0 Å². The van der Waals surface area contributed by atoms with E-state index in [2.05, 4.69) is 10.2 Å². The fourth-order valence-electron chi connectivity index (χ4n) is 3.24. The number of aliphatic hydroxyl groups excluding tert-OH is 1. The standard InChI is InChI=1S/C16H23N3O2.ClH/c20-15(13-4-2-1-3-5-13)16(21)19-9-6-14(12-19)18-10-7-17-8-11-18;/h1-5,14-15,17,20H,6-12H2;1H. The summed E-state index contributed by atoms with van der Waals surface area (Å²) in [6.45, 7) is 5.64.